The summed E-state index contributed by atoms with van der Waals surface area (Å²) >= 11 is 5.61. The molecule has 1 aromatic heterocycles. The largest absolute Gasteiger partial charge is 0.362 e. The van der Waals surface area contributed by atoms with Crippen molar-refractivity contribution in [2.45, 2.75) is 31.5 Å². The van der Waals surface area contributed by atoms with Gasteiger partial charge in [-0.25, -0.2) is 4.63 Å². The van der Waals surface area contributed by atoms with E-state index in [-0.39, 0.29) is 0 Å². The van der Waals surface area contributed by atoms with Crippen LogP contribution < -0.4 is 0 Å². The second-order valence-electron chi connectivity index (χ2n) is 5.45. The van der Waals surface area contributed by atoms with Crippen molar-refractivity contribution in [1.29, 1.82) is 0 Å². The highest BCUT2D eigenvalue weighted by molar-refractivity contribution is 7.80. The van der Waals surface area contributed by atoms with Crippen molar-refractivity contribution in [3.63, 3.8) is 0 Å². The highest BCUT2D eigenvalue weighted by Gasteiger charge is 2.24. The van der Waals surface area contributed by atoms with E-state index in [2.05, 4.69) is 22.3 Å². The Bertz CT molecular complexity index is 625. The summed E-state index contributed by atoms with van der Waals surface area (Å²) in [6.45, 7) is 0.353. The van der Waals surface area contributed by atoms with Crippen molar-refractivity contribution in [3.8, 4) is 0 Å². The van der Waals surface area contributed by atoms with Crippen LogP contribution in [0.5, 0.6) is 0 Å². The Morgan fingerprint density at radius 1 is 1.35 bits per heavy atom. The molecule has 20 heavy (non-hydrogen) atoms. The quantitative estimate of drug-likeness (QED) is 0.624. The molecule has 0 N–H and O–H groups in total. The maximum absolute atomic E-state index is 5.96. The lowest BCUT2D eigenvalue weighted by Crippen LogP contribution is -2.40. The summed E-state index contributed by atoms with van der Waals surface area (Å²) in [6, 6.07) is 6.27. The number of hydrogen-bond acceptors (Lipinski definition) is 4. The first kappa shape index (κ1) is 13.6. The van der Waals surface area contributed by atoms with Crippen molar-refractivity contribution in [1.82, 2.24) is 15.2 Å². The van der Waals surface area contributed by atoms with Gasteiger partial charge in [-0.3, -0.25) is 0 Å². The van der Waals surface area contributed by atoms with Gasteiger partial charge in [0, 0.05) is 26.4 Å². The summed E-state index contributed by atoms with van der Waals surface area (Å²) in [5, 5.41) is 7.67. The van der Waals surface area contributed by atoms with E-state index in [9.17, 15) is 0 Å². The Balaban J connectivity index is 1.77. The Labute approximate surface area is 125 Å². The molecule has 7 heteroatoms. The molecule has 0 aliphatic carbocycles. The molecule has 0 bridgehead atoms. The highest BCUT2D eigenvalue weighted by atomic mass is 32.1. The van der Waals surface area contributed by atoms with Gasteiger partial charge in [0.1, 0.15) is 16.0 Å². The molecule has 2 aromatic rings. The number of hydrogen-bond donors (Lipinski definition) is 0. The Hall–Kier alpha value is -1.36. The molecule has 0 saturated carbocycles. The predicted octanol–water partition coefficient (Wildman–Crippen LogP) is 2.15. The van der Waals surface area contributed by atoms with E-state index in [1.54, 1.807) is 0 Å². The van der Waals surface area contributed by atoms with E-state index in [0.717, 1.165) is 47.1 Å². The summed E-state index contributed by atoms with van der Waals surface area (Å²) < 4.78 is 4.72. The lowest BCUT2D eigenvalue weighted by atomic mass is 9.27. The van der Waals surface area contributed by atoms with Crippen molar-refractivity contribution in [2.75, 3.05) is 7.05 Å². The van der Waals surface area contributed by atoms with Gasteiger partial charge in [0.15, 0.2) is 0 Å². The van der Waals surface area contributed by atoms with E-state index in [4.69, 9.17) is 24.6 Å². The van der Waals surface area contributed by atoms with Crippen molar-refractivity contribution >= 4 is 42.6 Å². The molecule has 2 radical (unpaired) electrons. The molecule has 0 amide bonds. The molecule has 0 atom stereocenters. The van der Waals surface area contributed by atoms with E-state index >= 15 is 0 Å². The number of aromatic nitrogens is 2. The summed E-state index contributed by atoms with van der Waals surface area (Å²) in [7, 11) is 8.02. The average Bonchev–Trinajstić information content (AvgIpc) is 2.94. The van der Waals surface area contributed by atoms with Crippen LogP contribution in [-0.4, -0.2) is 47.6 Å². The average molecular weight is 283 g/mol. The maximum Gasteiger partial charge on any atom is 0.135 e. The van der Waals surface area contributed by atoms with Gasteiger partial charge in [0.25, 0.3) is 0 Å². The Kier molecular flexibility index (Phi) is 3.78. The molecule has 1 aliphatic rings. The van der Waals surface area contributed by atoms with E-state index in [1.165, 1.54) is 0 Å². The van der Waals surface area contributed by atoms with Gasteiger partial charge in [-0.1, -0.05) is 24.9 Å². The van der Waals surface area contributed by atoms with Crippen LogP contribution in [-0.2, 0) is 0 Å². The molecule has 0 spiro atoms. The third kappa shape index (κ3) is 2.59. The van der Waals surface area contributed by atoms with Gasteiger partial charge < -0.3 is 4.90 Å². The topological polar surface area (TPSA) is 42.2 Å². The van der Waals surface area contributed by atoms with Crippen molar-refractivity contribution in [3.05, 3.63) is 23.8 Å². The Morgan fingerprint density at radius 3 is 2.80 bits per heavy atom. The van der Waals surface area contributed by atoms with Crippen LogP contribution in [0.2, 0.25) is 12.6 Å². The fraction of sp³-hybridized carbons (Fsp3) is 0.462. The minimum absolute atomic E-state index is 0.353. The summed E-state index contributed by atoms with van der Waals surface area (Å²) in [5.41, 5.74) is 2.48. The first-order valence-electron chi connectivity index (χ1n) is 6.90. The minimum Gasteiger partial charge on any atom is -0.362 e. The van der Waals surface area contributed by atoms with Crippen LogP contribution in [0.15, 0.2) is 22.8 Å². The monoisotopic (exact) mass is 283 g/mol. The zero-order chi connectivity index (χ0) is 14.1. The molecule has 1 fully saturated rings. The summed E-state index contributed by atoms with van der Waals surface area (Å²) in [4.78, 5) is 3.03. The second kappa shape index (κ2) is 5.56. The number of rotatable bonds is 2. The van der Waals surface area contributed by atoms with E-state index in [1.807, 2.05) is 18.2 Å². The van der Waals surface area contributed by atoms with Gasteiger partial charge in [0.2, 0.25) is 0 Å². The van der Waals surface area contributed by atoms with Crippen LogP contribution in [0, 0.1) is 0 Å². The molecule has 100 valence electrons. The molecular formula is C13H15B2N3OS. The fourth-order valence-corrected chi connectivity index (χ4v) is 3.05. The first-order valence-corrected chi connectivity index (χ1v) is 7.31. The van der Waals surface area contributed by atoms with Crippen LogP contribution in [0.1, 0.15) is 18.4 Å². The Morgan fingerprint density at radius 2 is 2.05 bits per heavy atom. The van der Waals surface area contributed by atoms with Crippen molar-refractivity contribution < 1.29 is 4.63 Å². The zero-order valence-corrected chi connectivity index (χ0v) is 12.3. The molecule has 1 aliphatic heterocycles. The van der Waals surface area contributed by atoms with Crippen LogP contribution in [0.4, 0.5) is 0 Å². The van der Waals surface area contributed by atoms with Crippen molar-refractivity contribution in [2.24, 2.45) is 0 Å². The lowest BCUT2D eigenvalue weighted by Gasteiger charge is -2.34. The SMILES string of the molecule is [B]B1CCC(N(C)C(=S)c2ccc3nonc3c2)CC1. The summed E-state index contributed by atoms with van der Waals surface area (Å²) in [6.07, 6.45) is 4.35. The molecule has 3 rings (SSSR count). The number of benzene rings is 1. The number of thiocarbonyl (C=S) groups is 1. The van der Waals surface area contributed by atoms with Gasteiger partial charge in [-0.2, -0.15) is 0 Å². The third-order valence-electron chi connectivity index (χ3n) is 4.11. The number of fused-ring (bicyclic) bond motifs is 1. The second-order valence-corrected chi connectivity index (χ2v) is 5.84. The summed E-state index contributed by atoms with van der Waals surface area (Å²) in [5.74, 6) is 0. The van der Waals surface area contributed by atoms with Gasteiger partial charge >= 0.3 is 0 Å². The zero-order valence-electron chi connectivity index (χ0n) is 11.5. The molecule has 0 unspecified atom stereocenters. The molecule has 2 heterocycles. The first-order chi connectivity index (χ1) is 9.65. The highest BCUT2D eigenvalue weighted by Crippen LogP contribution is 2.24. The molecular weight excluding hydrogens is 268 g/mol. The predicted molar refractivity (Wildman–Crippen MR) is 85.4 cm³/mol. The third-order valence-corrected chi connectivity index (χ3v) is 4.63. The minimum atomic E-state index is 0.353. The normalized spacial score (nSPS) is 16.6. The van der Waals surface area contributed by atoms with E-state index in [0.29, 0.717) is 12.6 Å². The van der Waals surface area contributed by atoms with Gasteiger partial charge in [0.05, 0.1) is 6.60 Å². The van der Waals surface area contributed by atoms with Gasteiger partial charge in [-0.05, 0) is 41.4 Å². The molecule has 1 aromatic carbocycles. The van der Waals surface area contributed by atoms with Crippen LogP contribution in [0.3, 0.4) is 0 Å². The maximum atomic E-state index is 5.96. The lowest BCUT2D eigenvalue weighted by molar-refractivity contribution is 0.315. The standard InChI is InChI=1S/C13H15B2N3OS/c1-18(10-4-6-15(14)7-5-10)13(20)9-2-3-11-12(8-9)17-19-16-11/h2-3,8,10H,4-7H2,1H3. The molecule has 4 nitrogen and oxygen atoms in total. The molecule has 1 saturated heterocycles. The smallest absolute Gasteiger partial charge is 0.135 e. The fourth-order valence-electron chi connectivity index (χ4n) is 2.77. The number of nitrogens with zero attached hydrogens (tertiary/aromatic N) is 3. The van der Waals surface area contributed by atoms with Crippen LogP contribution >= 0.6 is 12.2 Å². The van der Waals surface area contributed by atoms with Crippen LogP contribution in [0.25, 0.3) is 11.0 Å². The van der Waals surface area contributed by atoms with E-state index < -0.39 is 0 Å². The van der Waals surface area contributed by atoms with Gasteiger partial charge in [-0.15, -0.1) is 0 Å².